The van der Waals surface area contributed by atoms with Crippen LogP contribution in [-0.4, -0.2) is 60.2 Å². The molecule has 1 unspecified atom stereocenters. The van der Waals surface area contributed by atoms with E-state index in [1.54, 1.807) is 12.1 Å². The Balaban J connectivity index is 1.77. The van der Waals surface area contributed by atoms with Crippen molar-refractivity contribution < 1.29 is 24.2 Å². The summed E-state index contributed by atoms with van der Waals surface area (Å²) in [6.07, 6.45) is 1.10. The number of likely N-dealkylation sites (N-methyl/N-ethyl adjacent to an activating group) is 1. The summed E-state index contributed by atoms with van der Waals surface area (Å²) >= 11 is 0. The number of alkyl carbamates (subject to hydrolysis) is 1. The van der Waals surface area contributed by atoms with Gasteiger partial charge in [0, 0.05) is 13.1 Å². The van der Waals surface area contributed by atoms with Crippen molar-refractivity contribution in [3.63, 3.8) is 0 Å². The van der Waals surface area contributed by atoms with Gasteiger partial charge in [-0.05, 0) is 18.4 Å². The molecule has 3 N–H and O–H groups in total. The Morgan fingerprint density at radius 1 is 1.28 bits per heavy atom. The lowest BCUT2D eigenvalue weighted by Crippen LogP contribution is -2.51. The van der Waals surface area contributed by atoms with Gasteiger partial charge in [-0.1, -0.05) is 30.3 Å². The van der Waals surface area contributed by atoms with Gasteiger partial charge in [-0.2, -0.15) is 0 Å². The predicted molar refractivity (Wildman–Crippen MR) is 89.4 cm³/mol. The Morgan fingerprint density at radius 2 is 1.96 bits per heavy atom. The van der Waals surface area contributed by atoms with Crippen molar-refractivity contribution in [1.82, 2.24) is 15.5 Å². The fourth-order valence-electron chi connectivity index (χ4n) is 2.15. The maximum Gasteiger partial charge on any atom is 0.408 e. The van der Waals surface area contributed by atoms with E-state index in [1.165, 1.54) is 7.05 Å². The highest BCUT2D eigenvalue weighted by atomic mass is 16.5. The standard InChI is InChI=1S/C17H23N3O5/c1-20(9-15(22)18-13-7-8-13)16(23)14(10-21)19-17(24)25-11-12-5-3-2-4-6-12/h2-6,13-14,21H,7-11H2,1H3,(H,18,22)(H,19,24). The summed E-state index contributed by atoms with van der Waals surface area (Å²) in [5.74, 6) is -0.827. The first-order valence-electron chi connectivity index (χ1n) is 8.12. The quantitative estimate of drug-likeness (QED) is 0.613. The molecule has 2 rings (SSSR count). The number of aliphatic hydroxyl groups is 1. The molecule has 8 nitrogen and oxygen atoms in total. The van der Waals surface area contributed by atoms with Gasteiger partial charge in [-0.15, -0.1) is 0 Å². The van der Waals surface area contributed by atoms with Gasteiger partial charge in [0.2, 0.25) is 11.8 Å². The van der Waals surface area contributed by atoms with Gasteiger partial charge < -0.3 is 25.4 Å². The summed E-state index contributed by atoms with van der Waals surface area (Å²) in [5, 5.41) is 14.4. The van der Waals surface area contributed by atoms with E-state index in [0.29, 0.717) is 0 Å². The molecule has 8 heteroatoms. The molecule has 1 aromatic rings. The monoisotopic (exact) mass is 349 g/mol. The topological polar surface area (TPSA) is 108 Å². The zero-order chi connectivity index (χ0) is 18.2. The molecule has 0 aromatic heterocycles. The molecule has 1 fully saturated rings. The number of hydrogen-bond acceptors (Lipinski definition) is 5. The van der Waals surface area contributed by atoms with Crippen molar-refractivity contribution in [2.75, 3.05) is 20.2 Å². The lowest BCUT2D eigenvalue weighted by atomic mass is 10.2. The van der Waals surface area contributed by atoms with Gasteiger partial charge in [-0.25, -0.2) is 4.79 Å². The van der Waals surface area contributed by atoms with E-state index in [1.807, 2.05) is 18.2 Å². The number of nitrogens with one attached hydrogen (secondary N) is 2. The lowest BCUT2D eigenvalue weighted by Gasteiger charge is -2.22. The molecular weight excluding hydrogens is 326 g/mol. The van der Waals surface area contributed by atoms with E-state index < -0.39 is 24.6 Å². The molecule has 0 aliphatic heterocycles. The Kier molecular flexibility index (Phi) is 6.76. The fraction of sp³-hybridized carbons (Fsp3) is 0.471. The average Bonchev–Trinajstić information content (AvgIpc) is 3.41. The normalized spacial score (nSPS) is 14.3. The van der Waals surface area contributed by atoms with Crippen molar-refractivity contribution in [3.8, 4) is 0 Å². The first kappa shape index (κ1) is 18.7. The summed E-state index contributed by atoms with van der Waals surface area (Å²) in [7, 11) is 1.44. The zero-order valence-corrected chi connectivity index (χ0v) is 14.1. The van der Waals surface area contributed by atoms with Crippen molar-refractivity contribution in [3.05, 3.63) is 35.9 Å². The number of ether oxygens (including phenoxy) is 1. The molecule has 3 amide bonds. The Bertz CT molecular complexity index is 604. The minimum atomic E-state index is -1.16. The minimum Gasteiger partial charge on any atom is -0.445 e. The second kappa shape index (κ2) is 9.03. The maximum atomic E-state index is 12.2. The van der Waals surface area contributed by atoms with Crippen LogP contribution in [0, 0.1) is 0 Å². The second-order valence-electron chi connectivity index (χ2n) is 5.98. The molecule has 1 aliphatic rings. The summed E-state index contributed by atoms with van der Waals surface area (Å²) in [4.78, 5) is 36.9. The highest BCUT2D eigenvalue weighted by Crippen LogP contribution is 2.18. The molecule has 1 atom stereocenters. The highest BCUT2D eigenvalue weighted by molar-refractivity contribution is 5.89. The van der Waals surface area contributed by atoms with Crippen molar-refractivity contribution >= 4 is 17.9 Å². The fourth-order valence-corrected chi connectivity index (χ4v) is 2.15. The molecule has 25 heavy (non-hydrogen) atoms. The third-order valence-electron chi connectivity index (χ3n) is 3.68. The summed E-state index contributed by atoms with van der Waals surface area (Å²) in [6, 6.07) is 8.12. The lowest BCUT2D eigenvalue weighted by molar-refractivity contribution is -0.137. The molecule has 0 bridgehead atoms. The number of aliphatic hydroxyl groups excluding tert-OH is 1. The van der Waals surface area contributed by atoms with Gasteiger partial charge in [0.25, 0.3) is 0 Å². The Hall–Kier alpha value is -2.61. The first-order valence-corrected chi connectivity index (χ1v) is 8.12. The number of carbonyl (C=O) groups is 3. The van der Waals surface area contributed by atoms with E-state index in [4.69, 9.17) is 4.74 Å². The van der Waals surface area contributed by atoms with Crippen molar-refractivity contribution in [2.24, 2.45) is 0 Å². The molecule has 0 radical (unpaired) electrons. The molecule has 136 valence electrons. The zero-order valence-electron chi connectivity index (χ0n) is 14.1. The maximum absolute atomic E-state index is 12.2. The molecule has 0 saturated heterocycles. The number of hydrogen-bond donors (Lipinski definition) is 3. The second-order valence-corrected chi connectivity index (χ2v) is 5.98. The first-order chi connectivity index (χ1) is 12.0. The van der Waals surface area contributed by atoms with Crippen LogP contribution in [0.3, 0.4) is 0 Å². The number of rotatable bonds is 8. The molecular formula is C17H23N3O5. The molecule has 0 spiro atoms. The van der Waals surface area contributed by atoms with E-state index in [9.17, 15) is 19.5 Å². The van der Waals surface area contributed by atoms with Crippen LogP contribution in [0.2, 0.25) is 0 Å². The number of carbonyl (C=O) groups excluding carboxylic acids is 3. The van der Waals surface area contributed by atoms with Crippen LogP contribution in [0.1, 0.15) is 18.4 Å². The molecule has 1 aromatic carbocycles. The summed E-state index contributed by atoms with van der Waals surface area (Å²) < 4.78 is 5.02. The van der Waals surface area contributed by atoms with Gasteiger partial charge in [0.1, 0.15) is 12.6 Å². The number of nitrogens with zero attached hydrogens (tertiary/aromatic N) is 1. The van der Waals surface area contributed by atoms with Crippen LogP contribution in [0.25, 0.3) is 0 Å². The Labute approximate surface area is 146 Å². The van der Waals surface area contributed by atoms with Crippen LogP contribution < -0.4 is 10.6 Å². The average molecular weight is 349 g/mol. The highest BCUT2D eigenvalue weighted by Gasteiger charge is 2.27. The van der Waals surface area contributed by atoms with E-state index in [-0.39, 0.29) is 25.1 Å². The van der Waals surface area contributed by atoms with E-state index in [2.05, 4.69) is 10.6 Å². The van der Waals surface area contributed by atoms with Crippen LogP contribution in [0.5, 0.6) is 0 Å². The SMILES string of the molecule is CN(CC(=O)NC1CC1)C(=O)C(CO)NC(=O)OCc1ccccc1. The van der Waals surface area contributed by atoms with Gasteiger partial charge in [-0.3, -0.25) is 9.59 Å². The van der Waals surface area contributed by atoms with Crippen LogP contribution in [-0.2, 0) is 20.9 Å². The largest absolute Gasteiger partial charge is 0.445 e. The smallest absolute Gasteiger partial charge is 0.408 e. The summed E-state index contributed by atoms with van der Waals surface area (Å²) in [6.45, 7) is -0.668. The number of benzene rings is 1. The predicted octanol–water partition coefficient (Wildman–Crippen LogP) is 0.0107. The minimum absolute atomic E-state index is 0.0542. The molecule has 1 saturated carbocycles. The van der Waals surface area contributed by atoms with E-state index in [0.717, 1.165) is 23.3 Å². The number of amides is 3. The van der Waals surface area contributed by atoms with Crippen LogP contribution in [0.4, 0.5) is 4.79 Å². The third-order valence-corrected chi connectivity index (χ3v) is 3.68. The van der Waals surface area contributed by atoms with E-state index >= 15 is 0 Å². The van der Waals surface area contributed by atoms with Gasteiger partial charge >= 0.3 is 6.09 Å². The Morgan fingerprint density at radius 3 is 2.56 bits per heavy atom. The molecule has 1 aliphatic carbocycles. The summed E-state index contributed by atoms with van der Waals surface area (Å²) in [5.41, 5.74) is 0.804. The van der Waals surface area contributed by atoms with Crippen molar-refractivity contribution in [1.29, 1.82) is 0 Å². The van der Waals surface area contributed by atoms with Gasteiger partial charge in [0.05, 0.1) is 13.2 Å². The third kappa shape index (κ3) is 6.42. The van der Waals surface area contributed by atoms with Crippen LogP contribution in [0.15, 0.2) is 30.3 Å². The molecule has 0 heterocycles. The van der Waals surface area contributed by atoms with Crippen molar-refractivity contribution in [2.45, 2.75) is 31.5 Å². The van der Waals surface area contributed by atoms with Gasteiger partial charge in [0.15, 0.2) is 0 Å². The van der Waals surface area contributed by atoms with Crippen LogP contribution >= 0.6 is 0 Å².